The highest BCUT2D eigenvalue weighted by atomic mass is 16.7. The maximum absolute atomic E-state index is 13.8. The third kappa shape index (κ3) is 6.58. The minimum atomic E-state index is -0.931. The van der Waals surface area contributed by atoms with Crippen LogP contribution in [0.2, 0.25) is 0 Å². The molecule has 0 bridgehead atoms. The number of carboxylic acids is 1. The number of aromatic nitrogens is 1. The average Bonchev–Trinajstić information content (AvgIpc) is 3.73. The molecule has 1 amide bonds. The standard InChI is InChI=1S/C33H44N4O7/c1-3-4-13-35(14-8-7-12-34)29(38)20-37-19-25(23-16-27(42-2)31-28(17-23)43-21-44-31)30(33(40)41)26(37)11-15-36-18-22-9-5-6-10-24(22)32(36)39/h5-6,9-10,16-18,25-26,30,39H,3-4,7-8,11-15,19-21,34H2,1-2H3,(H,40,41)/t25-,26+,30-/m1/s1. The number of fused-ring (bicyclic) bond motifs is 2. The fourth-order valence-electron chi connectivity index (χ4n) is 6.62. The number of amides is 1. The van der Waals surface area contributed by atoms with Gasteiger partial charge in [0.1, 0.15) is 0 Å². The van der Waals surface area contributed by atoms with Gasteiger partial charge in [0.25, 0.3) is 0 Å². The number of carbonyl (C=O) groups excluding carboxylic acids is 1. The highest BCUT2D eigenvalue weighted by Crippen LogP contribution is 2.47. The molecule has 0 radical (unpaired) electrons. The van der Waals surface area contributed by atoms with E-state index in [1.54, 1.807) is 11.7 Å². The van der Waals surface area contributed by atoms with Crippen molar-refractivity contribution in [2.24, 2.45) is 11.7 Å². The Labute approximate surface area is 258 Å². The number of methoxy groups -OCH3 is 1. The molecule has 3 heterocycles. The zero-order chi connectivity index (χ0) is 31.2. The van der Waals surface area contributed by atoms with Crippen molar-refractivity contribution < 1.29 is 34.0 Å². The smallest absolute Gasteiger partial charge is 0.308 e. The monoisotopic (exact) mass is 608 g/mol. The molecule has 0 saturated carbocycles. The van der Waals surface area contributed by atoms with Crippen LogP contribution in [0.3, 0.4) is 0 Å². The highest BCUT2D eigenvalue weighted by molar-refractivity contribution is 5.87. The summed E-state index contributed by atoms with van der Waals surface area (Å²) in [6.45, 7) is 4.91. The molecule has 0 unspecified atom stereocenters. The summed E-state index contributed by atoms with van der Waals surface area (Å²) >= 11 is 0. The first-order valence-electron chi connectivity index (χ1n) is 15.5. The Morgan fingerprint density at radius 1 is 1.14 bits per heavy atom. The van der Waals surface area contributed by atoms with Gasteiger partial charge in [-0.05, 0) is 56.0 Å². The van der Waals surface area contributed by atoms with Gasteiger partial charge in [-0.15, -0.1) is 0 Å². The molecular weight excluding hydrogens is 564 g/mol. The lowest BCUT2D eigenvalue weighted by Crippen LogP contribution is -2.45. The van der Waals surface area contributed by atoms with Gasteiger partial charge in [-0.3, -0.25) is 14.5 Å². The number of carbonyl (C=O) groups is 2. The SMILES string of the molecule is CCCCN(CCCCN)C(=O)CN1C[C@H](c2cc(OC)c3c(c2)OCO3)[C@@H](C(=O)O)[C@@H]1CCn1cc2ccccc2c1O. The number of nitrogens with zero attached hydrogens (tertiary/aromatic N) is 3. The molecule has 11 nitrogen and oxygen atoms in total. The Balaban J connectivity index is 1.45. The molecule has 0 spiro atoms. The number of hydrogen-bond acceptors (Lipinski definition) is 8. The molecule has 3 aromatic rings. The number of carboxylic acid groups (broad SMARTS) is 1. The van der Waals surface area contributed by atoms with E-state index in [4.69, 9.17) is 19.9 Å². The van der Waals surface area contributed by atoms with Crippen LogP contribution in [0.1, 0.15) is 50.5 Å². The van der Waals surface area contributed by atoms with E-state index in [1.165, 1.54) is 0 Å². The summed E-state index contributed by atoms with van der Waals surface area (Å²) in [5.74, 6) is -0.514. The summed E-state index contributed by atoms with van der Waals surface area (Å²) in [6.07, 6.45) is 5.85. The van der Waals surface area contributed by atoms with Crippen molar-refractivity contribution in [3.8, 4) is 23.1 Å². The molecule has 2 aromatic carbocycles. The number of hydrogen-bond donors (Lipinski definition) is 3. The van der Waals surface area contributed by atoms with Crippen molar-refractivity contribution in [3.63, 3.8) is 0 Å². The largest absolute Gasteiger partial charge is 0.494 e. The highest BCUT2D eigenvalue weighted by Gasteiger charge is 2.47. The maximum atomic E-state index is 13.8. The number of benzene rings is 2. The van der Waals surface area contributed by atoms with Crippen LogP contribution in [0.5, 0.6) is 23.1 Å². The van der Waals surface area contributed by atoms with Crippen LogP contribution in [0, 0.1) is 5.92 Å². The maximum Gasteiger partial charge on any atom is 0.308 e. The lowest BCUT2D eigenvalue weighted by atomic mass is 9.84. The molecule has 2 aliphatic heterocycles. The Hall–Kier alpha value is -3.96. The zero-order valence-corrected chi connectivity index (χ0v) is 25.6. The van der Waals surface area contributed by atoms with Gasteiger partial charge in [0.15, 0.2) is 17.4 Å². The normalized spacial score (nSPS) is 19.5. The van der Waals surface area contributed by atoms with Gasteiger partial charge in [0.05, 0.1) is 19.6 Å². The second kappa shape index (κ2) is 14.2. The second-order valence-corrected chi connectivity index (χ2v) is 11.7. The van der Waals surface area contributed by atoms with E-state index in [9.17, 15) is 19.8 Å². The van der Waals surface area contributed by atoms with Gasteiger partial charge in [0.2, 0.25) is 18.4 Å². The number of likely N-dealkylation sites (tertiary alicyclic amines) is 1. The number of unbranched alkanes of at least 4 members (excludes halogenated alkanes) is 2. The Morgan fingerprint density at radius 3 is 2.66 bits per heavy atom. The van der Waals surface area contributed by atoms with E-state index in [1.807, 2.05) is 52.4 Å². The van der Waals surface area contributed by atoms with Gasteiger partial charge in [-0.25, -0.2) is 0 Å². The Kier molecular flexibility index (Phi) is 10.2. The van der Waals surface area contributed by atoms with E-state index in [0.29, 0.717) is 56.4 Å². The van der Waals surface area contributed by atoms with Crippen LogP contribution in [-0.2, 0) is 16.1 Å². The number of aryl methyl sites for hydroxylation is 1. The molecular formula is C33H44N4O7. The first-order chi connectivity index (χ1) is 21.4. The third-order valence-electron chi connectivity index (χ3n) is 8.93. The van der Waals surface area contributed by atoms with E-state index >= 15 is 0 Å². The molecule has 1 saturated heterocycles. The molecule has 2 aliphatic rings. The van der Waals surface area contributed by atoms with Crippen molar-refractivity contribution >= 4 is 22.6 Å². The predicted octanol–water partition coefficient (Wildman–Crippen LogP) is 4.01. The first kappa shape index (κ1) is 31.5. The molecule has 3 atom stereocenters. The van der Waals surface area contributed by atoms with Gasteiger partial charge >= 0.3 is 5.97 Å². The van der Waals surface area contributed by atoms with Crippen LogP contribution >= 0.6 is 0 Å². The molecule has 1 aromatic heterocycles. The first-order valence-corrected chi connectivity index (χ1v) is 15.5. The van der Waals surface area contributed by atoms with E-state index in [2.05, 4.69) is 6.92 Å². The minimum Gasteiger partial charge on any atom is -0.494 e. The summed E-state index contributed by atoms with van der Waals surface area (Å²) in [7, 11) is 1.54. The van der Waals surface area contributed by atoms with Crippen molar-refractivity contribution in [1.29, 1.82) is 0 Å². The summed E-state index contributed by atoms with van der Waals surface area (Å²) in [5.41, 5.74) is 6.48. The van der Waals surface area contributed by atoms with Crippen LogP contribution in [0.15, 0.2) is 42.6 Å². The van der Waals surface area contributed by atoms with Gasteiger partial charge < -0.3 is 39.6 Å². The number of nitrogens with two attached hydrogens (primary N) is 1. The van der Waals surface area contributed by atoms with Gasteiger partial charge in [0, 0.05) is 55.1 Å². The number of ether oxygens (including phenoxy) is 3. The van der Waals surface area contributed by atoms with E-state index in [0.717, 1.165) is 42.0 Å². The van der Waals surface area contributed by atoms with Crippen LogP contribution in [0.25, 0.3) is 10.8 Å². The zero-order valence-electron chi connectivity index (χ0n) is 25.6. The third-order valence-corrected chi connectivity index (χ3v) is 8.93. The molecule has 44 heavy (non-hydrogen) atoms. The second-order valence-electron chi connectivity index (χ2n) is 11.7. The summed E-state index contributed by atoms with van der Waals surface area (Å²) < 4.78 is 18.6. The van der Waals surface area contributed by atoms with Gasteiger partial charge in [-0.1, -0.05) is 31.5 Å². The van der Waals surface area contributed by atoms with E-state index < -0.39 is 23.8 Å². The Bertz CT molecular complexity index is 1460. The summed E-state index contributed by atoms with van der Waals surface area (Å²) in [4.78, 5) is 30.7. The number of rotatable bonds is 15. The Morgan fingerprint density at radius 2 is 1.93 bits per heavy atom. The average molecular weight is 609 g/mol. The molecule has 5 rings (SSSR count). The van der Waals surface area contributed by atoms with Crippen molar-refractivity contribution in [2.45, 2.75) is 57.5 Å². The van der Waals surface area contributed by atoms with Crippen LogP contribution in [0.4, 0.5) is 0 Å². The molecule has 1 fully saturated rings. The molecule has 0 aliphatic carbocycles. The molecule has 4 N–H and O–H groups in total. The minimum absolute atomic E-state index is 0.0110. The fourth-order valence-corrected chi connectivity index (χ4v) is 6.62. The summed E-state index contributed by atoms with van der Waals surface area (Å²) in [5, 5.41) is 23.2. The van der Waals surface area contributed by atoms with E-state index in [-0.39, 0.29) is 25.1 Å². The lowest BCUT2D eigenvalue weighted by Gasteiger charge is -2.30. The molecule has 11 heteroatoms. The van der Waals surface area contributed by atoms with Crippen molar-refractivity contribution in [3.05, 3.63) is 48.2 Å². The van der Waals surface area contributed by atoms with Crippen molar-refractivity contribution in [2.75, 3.05) is 46.6 Å². The predicted molar refractivity (Wildman–Crippen MR) is 166 cm³/mol. The fraction of sp³-hybridized carbons (Fsp3) is 0.515. The van der Waals surface area contributed by atoms with Crippen molar-refractivity contribution in [1.82, 2.24) is 14.4 Å². The number of aliphatic carboxylic acids is 1. The topological polar surface area (TPSA) is 140 Å². The van der Waals surface area contributed by atoms with Crippen LogP contribution in [-0.4, -0.2) is 89.1 Å². The van der Waals surface area contributed by atoms with Crippen LogP contribution < -0.4 is 19.9 Å². The lowest BCUT2D eigenvalue weighted by molar-refractivity contribution is -0.144. The number of aromatic hydroxyl groups is 1. The molecule has 238 valence electrons. The quantitative estimate of drug-likeness (QED) is 0.218. The summed E-state index contributed by atoms with van der Waals surface area (Å²) in [6, 6.07) is 10.8. The van der Waals surface area contributed by atoms with Gasteiger partial charge in [-0.2, -0.15) is 0 Å².